The Hall–Kier alpha value is -4.16. The summed E-state index contributed by atoms with van der Waals surface area (Å²) in [5.74, 6) is 0.286. The highest BCUT2D eigenvalue weighted by atomic mass is 32.1. The summed E-state index contributed by atoms with van der Waals surface area (Å²) in [7, 11) is 0. The maximum atomic E-state index is 12.4. The average molecular weight is 497 g/mol. The van der Waals surface area contributed by atoms with Gasteiger partial charge in [-0.2, -0.15) is 0 Å². The summed E-state index contributed by atoms with van der Waals surface area (Å²) in [6.07, 6.45) is 0. The molecule has 0 amide bonds. The predicted molar refractivity (Wildman–Crippen MR) is 146 cm³/mol. The minimum atomic E-state index is -0.461. The number of hydrogen-bond acceptors (Lipinski definition) is 6. The third kappa shape index (κ3) is 4.20. The van der Waals surface area contributed by atoms with Gasteiger partial charge >= 0.3 is 11.9 Å². The molecule has 1 aromatic heterocycles. The van der Waals surface area contributed by atoms with Crippen molar-refractivity contribution in [3.63, 3.8) is 0 Å². The molecular weight excluding hydrogens is 472 g/mol. The first-order chi connectivity index (χ1) is 17.3. The molecule has 36 heavy (non-hydrogen) atoms. The lowest BCUT2D eigenvalue weighted by molar-refractivity contribution is -0.139. The van der Waals surface area contributed by atoms with Gasteiger partial charge in [-0.05, 0) is 37.4 Å². The van der Waals surface area contributed by atoms with E-state index in [1.165, 1.54) is 0 Å². The van der Waals surface area contributed by atoms with Crippen molar-refractivity contribution >= 4 is 65.0 Å². The Morgan fingerprint density at radius 3 is 2.28 bits per heavy atom. The van der Waals surface area contributed by atoms with Crippen LogP contribution in [0.1, 0.15) is 13.8 Å². The number of carbonyl (C=O) groups is 2. The fraction of sp³-hybridized carbons (Fsp3) is 0.133. The molecule has 6 heteroatoms. The van der Waals surface area contributed by atoms with Gasteiger partial charge in [-0.25, -0.2) is 9.59 Å². The molecule has 0 unspecified atom stereocenters. The van der Waals surface area contributed by atoms with E-state index in [0.717, 1.165) is 41.7 Å². The highest BCUT2D eigenvalue weighted by Gasteiger charge is 2.18. The first-order valence-corrected chi connectivity index (χ1v) is 12.3. The molecule has 5 aromatic rings. The van der Waals surface area contributed by atoms with Gasteiger partial charge in [0.05, 0.1) is 0 Å². The van der Waals surface area contributed by atoms with Crippen molar-refractivity contribution in [2.24, 2.45) is 0 Å². The third-order valence-corrected chi connectivity index (χ3v) is 7.09. The number of rotatable bonds is 7. The molecule has 0 N–H and O–H groups in total. The molecule has 0 bridgehead atoms. The number of carbonyl (C=O) groups excluding carboxylic acids is 2. The van der Waals surface area contributed by atoms with Crippen LogP contribution in [0.15, 0.2) is 85.0 Å². The second-order valence-corrected chi connectivity index (χ2v) is 9.68. The predicted octanol–water partition coefficient (Wildman–Crippen LogP) is 7.34. The number of hydrogen-bond donors (Lipinski definition) is 0. The van der Waals surface area contributed by atoms with E-state index >= 15 is 0 Å². The second kappa shape index (κ2) is 9.47. The van der Waals surface area contributed by atoms with Crippen LogP contribution in [0.3, 0.4) is 0 Å². The first kappa shape index (κ1) is 23.6. The quantitative estimate of drug-likeness (QED) is 0.102. The average Bonchev–Trinajstić information content (AvgIpc) is 3.25. The molecule has 0 fully saturated rings. The van der Waals surface area contributed by atoms with Crippen molar-refractivity contribution in [3.8, 4) is 11.5 Å². The number of benzene rings is 4. The van der Waals surface area contributed by atoms with E-state index in [2.05, 4.69) is 25.3 Å². The van der Waals surface area contributed by atoms with Crippen molar-refractivity contribution in [3.05, 3.63) is 85.0 Å². The molecule has 4 aromatic carbocycles. The summed E-state index contributed by atoms with van der Waals surface area (Å²) in [6, 6.07) is 19.9. The van der Waals surface area contributed by atoms with Gasteiger partial charge in [-0.3, -0.25) is 0 Å². The molecule has 0 saturated heterocycles. The van der Waals surface area contributed by atoms with Gasteiger partial charge in [0.25, 0.3) is 0 Å². The Morgan fingerprint density at radius 2 is 1.53 bits per heavy atom. The van der Waals surface area contributed by atoms with E-state index in [0.29, 0.717) is 22.6 Å². The van der Waals surface area contributed by atoms with Crippen LogP contribution in [-0.2, 0) is 14.3 Å². The Bertz CT molecular complexity index is 1710. The zero-order chi connectivity index (χ0) is 25.4. The zero-order valence-electron chi connectivity index (χ0n) is 20.1. The van der Waals surface area contributed by atoms with E-state index < -0.39 is 11.9 Å². The lowest BCUT2D eigenvalue weighted by Gasteiger charge is -2.12. The minimum absolute atomic E-state index is 0.119. The minimum Gasteiger partial charge on any atom is -0.489 e. The van der Waals surface area contributed by atoms with E-state index in [1.807, 2.05) is 48.5 Å². The maximum Gasteiger partial charge on any atom is 0.338 e. The topological polar surface area (TPSA) is 61.8 Å². The molecule has 0 aliphatic heterocycles. The smallest absolute Gasteiger partial charge is 0.338 e. The zero-order valence-corrected chi connectivity index (χ0v) is 20.9. The monoisotopic (exact) mass is 496 g/mol. The van der Waals surface area contributed by atoms with Crippen molar-refractivity contribution in [2.45, 2.75) is 13.8 Å². The first-order valence-electron chi connectivity index (χ1n) is 11.5. The van der Waals surface area contributed by atoms with Crippen LogP contribution in [-0.4, -0.2) is 25.2 Å². The van der Waals surface area contributed by atoms with Crippen LogP contribution in [0, 0.1) is 0 Å². The highest BCUT2D eigenvalue weighted by molar-refractivity contribution is 7.27. The lowest BCUT2D eigenvalue weighted by atomic mass is 10.0. The number of fused-ring (bicyclic) bond motifs is 7. The highest BCUT2D eigenvalue weighted by Crippen LogP contribution is 2.46. The van der Waals surface area contributed by atoms with Crippen LogP contribution >= 0.6 is 11.3 Å². The molecule has 0 spiro atoms. The molecule has 5 rings (SSSR count). The molecule has 1 heterocycles. The summed E-state index contributed by atoms with van der Waals surface area (Å²) in [5.41, 5.74) is 0.685. The summed E-state index contributed by atoms with van der Waals surface area (Å²) < 4.78 is 19.2. The van der Waals surface area contributed by atoms with Crippen LogP contribution < -0.4 is 9.47 Å². The Labute approximate surface area is 212 Å². The number of thiophene rings is 1. The molecule has 5 nitrogen and oxygen atoms in total. The second-order valence-electron chi connectivity index (χ2n) is 8.63. The van der Waals surface area contributed by atoms with E-state index in [9.17, 15) is 9.59 Å². The van der Waals surface area contributed by atoms with Gasteiger partial charge < -0.3 is 14.2 Å². The largest absolute Gasteiger partial charge is 0.489 e. The van der Waals surface area contributed by atoms with Gasteiger partial charge in [0.15, 0.2) is 0 Å². The lowest BCUT2D eigenvalue weighted by Crippen LogP contribution is -2.12. The van der Waals surface area contributed by atoms with Crippen molar-refractivity contribution < 1.29 is 23.8 Å². The standard InChI is InChI=1S/C30H24O5S/c1-17(2)29(31)34-15-14-33-23-11-7-8-19-12-13-25-27(26(19)23)22-16-24(35-30(32)18(3)4)20-9-5-6-10-21(20)28(22)36-25/h5-13,16H,1,3,14-15H2,2,4H3. The fourth-order valence-electron chi connectivity index (χ4n) is 4.20. The van der Waals surface area contributed by atoms with E-state index in [4.69, 9.17) is 14.2 Å². The normalized spacial score (nSPS) is 11.2. The van der Waals surface area contributed by atoms with Gasteiger partial charge in [0.2, 0.25) is 0 Å². The van der Waals surface area contributed by atoms with Crippen LogP contribution in [0.25, 0.3) is 41.7 Å². The van der Waals surface area contributed by atoms with E-state index in [-0.39, 0.29) is 13.2 Å². The SMILES string of the molecule is C=C(C)C(=O)OCCOc1cccc2ccc3sc4c5ccccc5c(OC(=O)C(=C)C)cc4c3c12. The summed E-state index contributed by atoms with van der Waals surface area (Å²) >= 11 is 1.69. The Morgan fingerprint density at radius 1 is 0.778 bits per heavy atom. The van der Waals surface area contributed by atoms with E-state index in [1.54, 1.807) is 25.2 Å². The molecular formula is C30H24O5S. The fourth-order valence-corrected chi connectivity index (χ4v) is 5.43. The molecule has 180 valence electrons. The Kier molecular flexibility index (Phi) is 6.20. The Balaban J connectivity index is 1.68. The summed E-state index contributed by atoms with van der Waals surface area (Å²) in [5, 5.41) is 5.87. The van der Waals surface area contributed by atoms with Crippen LogP contribution in [0.5, 0.6) is 11.5 Å². The van der Waals surface area contributed by atoms with Gasteiger partial charge in [-0.1, -0.05) is 55.6 Å². The third-order valence-electron chi connectivity index (χ3n) is 5.88. The number of ether oxygens (including phenoxy) is 3. The van der Waals surface area contributed by atoms with Crippen molar-refractivity contribution in [1.29, 1.82) is 0 Å². The van der Waals surface area contributed by atoms with Crippen molar-refractivity contribution in [1.82, 2.24) is 0 Å². The molecule has 0 radical (unpaired) electrons. The van der Waals surface area contributed by atoms with Gasteiger partial charge in [-0.15, -0.1) is 11.3 Å². The number of esters is 2. The van der Waals surface area contributed by atoms with Crippen molar-refractivity contribution in [2.75, 3.05) is 13.2 Å². The van der Waals surface area contributed by atoms with Gasteiger partial charge in [0, 0.05) is 47.5 Å². The molecule has 0 atom stereocenters. The molecule has 0 saturated carbocycles. The molecule has 0 aliphatic rings. The van der Waals surface area contributed by atoms with Gasteiger partial charge in [0.1, 0.15) is 24.7 Å². The van der Waals surface area contributed by atoms with Crippen LogP contribution in [0.2, 0.25) is 0 Å². The molecule has 0 aliphatic carbocycles. The van der Waals surface area contributed by atoms with Crippen LogP contribution in [0.4, 0.5) is 0 Å². The maximum absolute atomic E-state index is 12.4. The summed E-state index contributed by atoms with van der Waals surface area (Å²) in [6.45, 7) is 10.9. The summed E-state index contributed by atoms with van der Waals surface area (Å²) in [4.78, 5) is 24.1.